The van der Waals surface area contributed by atoms with Gasteiger partial charge in [-0.15, -0.1) is 11.3 Å². The molecule has 0 fully saturated rings. The molecule has 4 heterocycles. The number of hydrogen-bond donors (Lipinski definition) is 0. The van der Waals surface area contributed by atoms with Crippen molar-refractivity contribution in [1.29, 1.82) is 0 Å². The Hall–Kier alpha value is -6.50. The normalized spacial score (nSPS) is 12.0. The van der Waals surface area contributed by atoms with Crippen LogP contribution in [-0.2, 0) is 5.41 Å². The zero-order valence-electron chi connectivity index (χ0n) is 30.2. The van der Waals surface area contributed by atoms with Gasteiger partial charge in [0, 0.05) is 48.3 Å². The van der Waals surface area contributed by atoms with Gasteiger partial charge >= 0.3 is 0 Å². The van der Waals surface area contributed by atoms with Crippen LogP contribution in [-0.4, -0.2) is 24.5 Å². The first-order chi connectivity index (χ1) is 26.4. The Morgan fingerprint density at radius 3 is 1.91 bits per heavy atom. The average molecular weight is 714 g/mol. The third-order valence-electron chi connectivity index (χ3n) is 10.3. The van der Waals surface area contributed by atoms with Crippen LogP contribution in [0.3, 0.4) is 0 Å². The van der Waals surface area contributed by atoms with Crippen LogP contribution in [0, 0.1) is 0 Å². The minimum atomic E-state index is 0.0393. The fourth-order valence-corrected chi connectivity index (χ4v) is 8.79. The van der Waals surface area contributed by atoms with Crippen LogP contribution in [0.15, 0.2) is 158 Å². The summed E-state index contributed by atoms with van der Waals surface area (Å²) in [4.78, 5) is 20.3. The molecule has 10 aromatic rings. The van der Waals surface area contributed by atoms with E-state index in [2.05, 4.69) is 141 Å². The summed E-state index contributed by atoms with van der Waals surface area (Å²) in [7, 11) is 0. The lowest BCUT2D eigenvalue weighted by Gasteiger charge is -2.19. The summed E-state index contributed by atoms with van der Waals surface area (Å²) in [5.41, 5.74) is 8.56. The van der Waals surface area contributed by atoms with Gasteiger partial charge in [0.1, 0.15) is 5.82 Å². The minimum absolute atomic E-state index is 0.0393. The molecule has 10 rings (SSSR count). The first-order valence-corrected chi connectivity index (χ1v) is 19.0. The van der Waals surface area contributed by atoms with Crippen LogP contribution in [0.4, 0.5) is 0 Å². The molecule has 6 heteroatoms. The van der Waals surface area contributed by atoms with Gasteiger partial charge in [0.15, 0.2) is 17.5 Å². The number of benzene rings is 6. The van der Waals surface area contributed by atoms with Crippen LogP contribution in [0.2, 0.25) is 0 Å². The zero-order chi connectivity index (χ0) is 36.4. The van der Waals surface area contributed by atoms with Crippen LogP contribution in [0.5, 0.6) is 0 Å². The van der Waals surface area contributed by atoms with Crippen LogP contribution in [0.25, 0.3) is 93.1 Å². The van der Waals surface area contributed by atoms with E-state index < -0.39 is 0 Å². The molecular weight excluding hydrogens is 679 g/mol. The van der Waals surface area contributed by atoms with E-state index in [1.165, 1.54) is 36.9 Å². The highest BCUT2D eigenvalue weighted by molar-refractivity contribution is 7.26. The predicted octanol–water partition coefficient (Wildman–Crippen LogP) is 12.7. The summed E-state index contributed by atoms with van der Waals surface area (Å²) in [6.45, 7) is 6.67. The molecule has 6 aromatic carbocycles. The van der Waals surface area contributed by atoms with Crippen molar-refractivity contribution in [3.05, 3.63) is 163 Å². The Kier molecular flexibility index (Phi) is 7.49. The highest BCUT2D eigenvalue weighted by atomic mass is 32.1. The third-order valence-corrected chi connectivity index (χ3v) is 11.5. The second kappa shape index (κ2) is 12.6. The van der Waals surface area contributed by atoms with Crippen LogP contribution < -0.4 is 0 Å². The summed E-state index contributed by atoms with van der Waals surface area (Å²) in [6.07, 6.45) is 1.85. The molecule has 0 spiro atoms. The first kappa shape index (κ1) is 32.2. The standard InChI is InChI=1S/C48H35N5S/c1-48(2,3)33-25-22-31(23-26-33)45-50-44(30-13-5-4-6-14-30)51-46(52-45)38-19-12-28-49-47(38)53-40-20-9-7-15-35(40)39-29-32(24-27-41(39)53)34-17-11-18-37-36-16-8-10-21-42(36)54-43(34)37/h4-29H,1-3H3. The van der Waals surface area contributed by atoms with Crippen molar-refractivity contribution in [3.63, 3.8) is 0 Å². The maximum Gasteiger partial charge on any atom is 0.167 e. The summed E-state index contributed by atoms with van der Waals surface area (Å²) in [5, 5.41) is 4.93. The Balaban J connectivity index is 1.17. The summed E-state index contributed by atoms with van der Waals surface area (Å²) in [6, 6.07) is 53.4. The van der Waals surface area contributed by atoms with Gasteiger partial charge in [-0.05, 0) is 58.5 Å². The van der Waals surface area contributed by atoms with Gasteiger partial charge in [0.05, 0.1) is 16.6 Å². The monoisotopic (exact) mass is 713 g/mol. The smallest absolute Gasteiger partial charge is 0.167 e. The molecule has 5 nitrogen and oxygen atoms in total. The number of fused-ring (bicyclic) bond motifs is 6. The number of para-hydroxylation sites is 1. The average Bonchev–Trinajstić information content (AvgIpc) is 3.76. The number of aromatic nitrogens is 5. The number of hydrogen-bond acceptors (Lipinski definition) is 5. The minimum Gasteiger partial charge on any atom is -0.293 e. The molecule has 0 unspecified atom stereocenters. The van der Waals surface area contributed by atoms with Gasteiger partial charge in [-0.25, -0.2) is 19.9 Å². The first-order valence-electron chi connectivity index (χ1n) is 18.2. The van der Waals surface area contributed by atoms with E-state index in [4.69, 9.17) is 19.9 Å². The van der Waals surface area contributed by atoms with Crippen molar-refractivity contribution in [2.24, 2.45) is 0 Å². The van der Waals surface area contributed by atoms with Crippen molar-refractivity contribution in [2.45, 2.75) is 26.2 Å². The molecule has 54 heavy (non-hydrogen) atoms. The van der Waals surface area contributed by atoms with Gasteiger partial charge in [-0.3, -0.25) is 4.57 Å². The third kappa shape index (κ3) is 5.37. The number of nitrogens with zero attached hydrogens (tertiary/aromatic N) is 5. The second-order valence-electron chi connectivity index (χ2n) is 14.7. The fraction of sp³-hybridized carbons (Fsp3) is 0.0833. The van der Waals surface area contributed by atoms with Crippen molar-refractivity contribution < 1.29 is 0 Å². The zero-order valence-corrected chi connectivity index (χ0v) is 31.0. The van der Waals surface area contributed by atoms with E-state index >= 15 is 0 Å². The van der Waals surface area contributed by atoms with Gasteiger partial charge in [-0.1, -0.05) is 136 Å². The lowest BCUT2D eigenvalue weighted by atomic mass is 9.87. The quantitative estimate of drug-likeness (QED) is 0.178. The van der Waals surface area contributed by atoms with E-state index in [9.17, 15) is 0 Å². The Morgan fingerprint density at radius 2 is 1.11 bits per heavy atom. The Bertz CT molecular complexity index is 3020. The van der Waals surface area contributed by atoms with Gasteiger partial charge in [0.25, 0.3) is 0 Å². The molecule has 0 aliphatic rings. The lowest BCUT2D eigenvalue weighted by Crippen LogP contribution is -2.10. The molecule has 0 atom stereocenters. The molecule has 0 aliphatic heterocycles. The maximum atomic E-state index is 5.15. The topological polar surface area (TPSA) is 56.5 Å². The van der Waals surface area contributed by atoms with Crippen molar-refractivity contribution in [3.8, 4) is 51.1 Å². The SMILES string of the molecule is CC(C)(C)c1ccc(-c2nc(-c3ccccc3)nc(-c3cccnc3-n3c4ccccc4c4cc(-c5cccc6c5sc5ccccc56)ccc43)n2)cc1. The number of pyridine rings is 1. The molecule has 0 amide bonds. The largest absolute Gasteiger partial charge is 0.293 e. The van der Waals surface area contributed by atoms with E-state index in [1.54, 1.807) is 0 Å². The predicted molar refractivity (Wildman–Crippen MR) is 225 cm³/mol. The highest BCUT2D eigenvalue weighted by Gasteiger charge is 2.21. The Labute approximate surface area is 317 Å². The summed E-state index contributed by atoms with van der Waals surface area (Å²) < 4.78 is 4.87. The molecule has 0 N–H and O–H groups in total. The molecular formula is C48H35N5S. The Morgan fingerprint density at radius 1 is 0.481 bits per heavy atom. The van der Waals surface area contributed by atoms with Gasteiger partial charge in [-0.2, -0.15) is 0 Å². The molecule has 0 saturated heterocycles. The molecule has 0 bridgehead atoms. The summed E-state index contributed by atoms with van der Waals surface area (Å²) >= 11 is 1.86. The van der Waals surface area contributed by atoms with E-state index in [0.717, 1.165) is 44.3 Å². The molecule has 0 saturated carbocycles. The van der Waals surface area contributed by atoms with E-state index in [1.807, 2.05) is 53.9 Å². The molecule has 0 radical (unpaired) electrons. The van der Waals surface area contributed by atoms with E-state index in [0.29, 0.717) is 17.5 Å². The van der Waals surface area contributed by atoms with Crippen molar-refractivity contribution in [2.75, 3.05) is 0 Å². The maximum absolute atomic E-state index is 5.15. The number of rotatable bonds is 5. The molecule has 4 aromatic heterocycles. The van der Waals surface area contributed by atoms with Crippen molar-refractivity contribution >= 4 is 53.3 Å². The lowest BCUT2D eigenvalue weighted by molar-refractivity contribution is 0.590. The van der Waals surface area contributed by atoms with Gasteiger partial charge in [0.2, 0.25) is 0 Å². The highest BCUT2D eigenvalue weighted by Crippen LogP contribution is 2.42. The summed E-state index contributed by atoms with van der Waals surface area (Å²) in [5.74, 6) is 2.58. The van der Waals surface area contributed by atoms with E-state index in [-0.39, 0.29) is 5.41 Å². The van der Waals surface area contributed by atoms with Crippen LogP contribution in [0.1, 0.15) is 26.3 Å². The van der Waals surface area contributed by atoms with Gasteiger partial charge < -0.3 is 0 Å². The van der Waals surface area contributed by atoms with Crippen LogP contribution >= 0.6 is 11.3 Å². The molecule has 0 aliphatic carbocycles. The fourth-order valence-electron chi connectivity index (χ4n) is 7.55. The number of thiophene rings is 1. The van der Waals surface area contributed by atoms with Crippen molar-refractivity contribution in [1.82, 2.24) is 24.5 Å². The second-order valence-corrected chi connectivity index (χ2v) is 15.8. The molecule has 258 valence electrons.